The molecule has 0 unspecified atom stereocenters. The third-order valence-corrected chi connectivity index (χ3v) is 3.57. The molecule has 0 amide bonds. The number of imidazole rings is 2. The maximum Gasteiger partial charge on any atom is 0.430 e. The second-order valence-electron chi connectivity index (χ2n) is 5.96. The number of carboxylic acid groups (broad SMARTS) is 2. The van der Waals surface area contributed by atoms with Gasteiger partial charge in [-0.3, -0.25) is 0 Å². The second kappa shape index (κ2) is 12.6. The fourth-order valence-corrected chi connectivity index (χ4v) is 1.64. The molecule has 0 aliphatic carbocycles. The first-order valence-corrected chi connectivity index (χ1v) is 8.43. The molecule has 2 aromatic rings. The molecule has 0 atom stereocenters. The third-order valence-electron chi connectivity index (χ3n) is 3.57. The number of aromatic amines is 1. The summed E-state index contributed by atoms with van der Waals surface area (Å²) >= 11 is 0. The van der Waals surface area contributed by atoms with E-state index in [1.165, 1.54) is 17.2 Å². The quantitative estimate of drug-likeness (QED) is 0.464. The van der Waals surface area contributed by atoms with Crippen LogP contribution in [0.5, 0.6) is 0 Å². The Hall–Kier alpha value is -3.06. The topological polar surface area (TPSA) is 109 Å². The van der Waals surface area contributed by atoms with Crippen molar-refractivity contribution in [2.24, 2.45) is 14.1 Å². The number of aryl methyl sites for hydroxylation is 4. The molecule has 31 heavy (non-hydrogen) atoms. The summed E-state index contributed by atoms with van der Waals surface area (Å²) in [6, 6.07) is 0. The van der Waals surface area contributed by atoms with Crippen LogP contribution in [0.2, 0.25) is 0 Å². The highest BCUT2D eigenvalue weighted by Crippen LogP contribution is 2.12. The van der Waals surface area contributed by atoms with Gasteiger partial charge in [-0.05, 0) is 6.92 Å². The molecular formula is C17H24F6N4O4. The minimum Gasteiger partial charge on any atom is -0.542 e. The van der Waals surface area contributed by atoms with Crippen LogP contribution in [0.25, 0.3) is 0 Å². The van der Waals surface area contributed by atoms with E-state index in [1.807, 2.05) is 17.8 Å². The number of carbonyl (C=O) groups is 2. The van der Waals surface area contributed by atoms with Gasteiger partial charge in [0.15, 0.2) is 0 Å². The van der Waals surface area contributed by atoms with Crippen LogP contribution >= 0.6 is 0 Å². The highest BCUT2D eigenvalue weighted by Gasteiger charge is 2.29. The van der Waals surface area contributed by atoms with Crippen LogP contribution in [0.15, 0.2) is 18.7 Å². The number of carboxylic acids is 2. The van der Waals surface area contributed by atoms with Crippen molar-refractivity contribution >= 4 is 11.9 Å². The fraction of sp³-hybridized carbons (Fsp3) is 0.529. The summed E-state index contributed by atoms with van der Waals surface area (Å²) in [7, 11) is 4.08. The lowest BCUT2D eigenvalue weighted by atomic mass is 10.4. The lowest BCUT2D eigenvalue weighted by molar-refractivity contribution is -0.682. The Morgan fingerprint density at radius 2 is 1.39 bits per heavy atom. The van der Waals surface area contributed by atoms with Gasteiger partial charge in [-0.2, -0.15) is 26.3 Å². The summed E-state index contributed by atoms with van der Waals surface area (Å²) in [5.41, 5.74) is 2.57. The number of aromatic nitrogens is 4. The Balaban J connectivity index is 0. The number of hydrogen-bond acceptors (Lipinski definition) is 4. The minimum absolute atomic E-state index is 1.06. The predicted octanol–water partition coefficient (Wildman–Crippen LogP) is -0.306. The molecule has 0 spiro atoms. The predicted molar refractivity (Wildman–Crippen MR) is 89.6 cm³/mol. The molecule has 0 saturated carbocycles. The van der Waals surface area contributed by atoms with Crippen LogP contribution in [0.3, 0.4) is 0 Å². The number of aliphatic carboxylic acids is 2. The number of carbonyl (C=O) groups excluding carboxylic acids is 2. The van der Waals surface area contributed by atoms with Gasteiger partial charge in [0.25, 0.3) is 5.82 Å². The molecule has 0 aliphatic rings. The second-order valence-corrected chi connectivity index (χ2v) is 5.96. The number of nitrogens with zero attached hydrogens (tertiary/aromatic N) is 3. The third kappa shape index (κ3) is 13.0. The first kappa shape index (κ1) is 30.1. The van der Waals surface area contributed by atoms with Gasteiger partial charge in [0.1, 0.15) is 35.7 Å². The van der Waals surface area contributed by atoms with Crippen molar-refractivity contribution in [2.45, 2.75) is 46.6 Å². The van der Waals surface area contributed by atoms with E-state index in [4.69, 9.17) is 19.8 Å². The van der Waals surface area contributed by atoms with E-state index in [-0.39, 0.29) is 0 Å². The molecule has 1 N–H and O–H groups in total. The van der Waals surface area contributed by atoms with E-state index in [0.29, 0.717) is 0 Å². The normalized spacial score (nSPS) is 10.6. The van der Waals surface area contributed by atoms with Crippen LogP contribution < -0.4 is 19.3 Å². The molecule has 0 aromatic carbocycles. The number of H-pyrrole nitrogens is 1. The van der Waals surface area contributed by atoms with Gasteiger partial charge < -0.3 is 19.8 Å². The monoisotopic (exact) mass is 462 g/mol. The highest BCUT2D eigenvalue weighted by atomic mass is 19.4. The summed E-state index contributed by atoms with van der Waals surface area (Å²) in [4.78, 5) is 20.8. The molecule has 8 nitrogen and oxygen atoms in total. The molecule has 0 fully saturated rings. The smallest absolute Gasteiger partial charge is 0.430 e. The van der Waals surface area contributed by atoms with Crippen molar-refractivity contribution < 1.29 is 55.3 Å². The Labute approximate surface area is 174 Å². The van der Waals surface area contributed by atoms with E-state index in [0.717, 1.165) is 6.54 Å². The van der Waals surface area contributed by atoms with Crippen LogP contribution in [0.1, 0.15) is 24.1 Å². The van der Waals surface area contributed by atoms with Gasteiger partial charge in [0, 0.05) is 20.8 Å². The molecule has 0 saturated heterocycles. The van der Waals surface area contributed by atoms with Gasteiger partial charge in [0.05, 0.1) is 20.6 Å². The van der Waals surface area contributed by atoms with Crippen LogP contribution in [-0.2, 0) is 30.2 Å². The molecule has 0 bridgehead atoms. The fourth-order valence-electron chi connectivity index (χ4n) is 1.64. The van der Waals surface area contributed by atoms with Crippen molar-refractivity contribution in [3.8, 4) is 0 Å². The van der Waals surface area contributed by atoms with Crippen molar-refractivity contribution in [3.63, 3.8) is 0 Å². The minimum atomic E-state index is -5.19. The van der Waals surface area contributed by atoms with Crippen molar-refractivity contribution in [2.75, 3.05) is 0 Å². The molecule has 2 heterocycles. The number of hydrogen-bond donors (Lipinski definition) is 1. The molecule has 14 heteroatoms. The van der Waals surface area contributed by atoms with Crippen molar-refractivity contribution in [1.29, 1.82) is 0 Å². The van der Waals surface area contributed by atoms with Crippen LogP contribution in [0, 0.1) is 20.8 Å². The zero-order valence-electron chi connectivity index (χ0n) is 17.7. The van der Waals surface area contributed by atoms with E-state index < -0.39 is 24.3 Å². The lowest BCUT2D eigenvalue weighted by Crippen LogP contribution is -2.37. The number of halogens is 6. The average molecular weight is 462 g/mol. The van der Waals surface area contributed by atoms with Gasteiger partial charge in [-0.15, -0.1) is 0 Å². The van der Waals surface area contributed by atoms with Crippen molar-refractivity contribution in [1.82, 2.24) is 9.55 Å². The highest BCUT2D eigenvalue weighted by molar-refractivity contribution is 5.71. The van der Waals surface area contributed by atoms with Gasteiger partial charge in [-0.1, -0.05) is 0 Å². The lowest BCUT2D eigenvalue weighted by Gasteiger charge is -2.03. The first-order chi connectivity index (χ1) is 13.8. The van der Waals surface area contributed by atoms with Gasteiger partial charge in [-0.25, -0.2) is 18.7 Å². The number of nitrogens with one attached hydrogen (secondary N) is 1. The Morgan fingerprint density at radius 1 is 1.00 bits per heavy atom. The Morgan fingerprint density at radius 3 is 1.48 bits per heavy atom. The summed E-state index contributed by atoms with van der Waals surface area (Å²) in [6.07, 6.45) is -4.25. The zero-order valence-corrected chi connectivity index (χ0v) is 17.7. The maximum atomic E-state index is 10.5. The van der Waals surface area contributed by atoms with E-state index >= 15 is 0 Å². The molecule has 2 aromatic heterocycles. The zero-order chi connectivity index (χ0) is 25.2. The van der Waals surface area contributed by atoms with Gasteiger partial charge >= 0.3 is 12.4 Å². The molecule has 2 rings (SSSR count). The summed E-state index contributed by atoms with van der Waals surface area (Å²) in [5.74, 6) is -4.80. The van der Waals surface area contributed by atoms with E-state index in [9.17, 15) is 26.3 Å². The molecular weight excluding hydrogens is 438 g/mol. The van der Waals surface area contributed by atoms with E-state index in [1.54, 1.807) is 0 Å². The average Bonchev–Trinajstić information content (AvgIpc) is 3.14. The SMILES string of the molecule is CCn1cc[n+](C)c1.Cc1[nH]c(C)[n+](C)c1C.O=C([O-])C(F)(F)F.O=C([O-])C(F)(F)F. The largest absolute Gasteiger partial charge is 0.542 e. The summed E-state index contributed by atoms with van der Waals surface area (Å²) in [5, 5.41) is 17.6. The summed E-state index contributed by atoms with van der Waals surface area (Å²) in [6.45, 7) is 9.45. The first-order valence-electron chi connectivity index (χ1n) is 8.43. The van der Waals surface area contributed by atoms with Crippen LogP contribution in [0.4, 0.5) is 26.3 Å². The Bertz CT molecular complexity index is 794. The molecule has 0 aliphatic heterocycles. The number of alkyl halides is 6. The van der Waals surface area contributed by atoms with Gasteiger partial charge in [0.2, 0.25) is 6.33 Å². The molecule has 178 valence electrons. The standard InChI is InChI=1S/C7H12N2.C6H11N2.2C2HF3O2/c1-5-6(2)9(4)7(3)8-5;1-3-8-5-4-7(2)6-8;2*3-2(4,5)1(6)7/h1-4H3;4-6H,3H2,1-2H3;2*(H,6,7)/q;+1;;/p-1. The Kier molecular flexibility index (Phi) is 12.2. The van der Waals surface area contributed by atoms with Crippen molar-refractivity contribution in [3.05, 3.63) is 35.9 Å². The molecule has 0 radical (unpaired) electrons. The van der Waals surface area contributed by atoms with E-state index in [2.05, 4.69) is 61.4 Å². The maximum absolute atomic E-state index is 10.5. The number of rotatable bonds is 1. The van der Waals surface area contributed by atoms with Crippen LogP contribution in [-0.4, -0.2) is 33.8 Å². The summed E-state index contributed by atoms with van der Waals surface area (Å²) < 4.78 is 69.4.